The van der Waals surface area contributed by atoms with Crippen LogP contribution < -0.4 is 5.32 Å². The lowest BCUT2D eigenvalue weighted by atomic mass is 10.1. The minimum Gasteiger partial charge on any atom is -0.387 e. The second kappa shape index (κ2) is 5.96. The Morgan fingerprint density at radius 2 is 2.06 bits per heavy atom. The van der Waals surface area contributed by atoms with Crippen LogP contribution in [-0.4, -0.2) is 22.4 Å². The van der Waals surface area contributed by atoms with Crippen LogP contribution in [0.2, 0.25) is 0 Å². The van der Waals surface area contributed by atoms with Crippen LogP contribution in [0.5, 0.6) is 0 Å². The second-order valence-corrected chi connectivity index (χ2v) is 4.80. The SMILES string of the molecule is C[C@H](Br)C(=O)NC[C@@H](O)c1ccc(F)cc1. The molecule has 0 aliphatic heterocycles. The van der Waals surface area contributed by atoms with E-state index in [1.807, 2.05) is 0 Å². The van der Waals surface area contributed by atoms with E-state index in [2.05, 4.69) is 21.2 Å². The Labute approximate surface area is 102 Å². The fourth-order valence-corrected chi connectivity index (χ4v) is 1.30. The highest BCUT2D eigenvalue weighted by molar-refractivity contribution is 9.10. The number of amides is 1. The number of halogens is 2. The number of benzene rings is 1. The van der Waals surface area contributed by atoms with E-state index in [4.69, 9.17) is 0 Å². The molecule has 0 aromatic heterocycles. The van der Waals surface area contributed by atoms with Crippen LogP contribution in [0, 0.1) is 5.82 Å². The molecule has 0 saturated carbocycles. The molecule has 0 saturated heterocycles. The Balaban J connectivity index is 2.49. The fraction of sp³-hybridized carbons (Fsp3) is 0.364. The molecule has 0 heterocycles. The van der Waals surface area contributed by atoms with Crippen molar-refractivity contribution in [3.8, 4) is 0 Å². The van der Waals surface area contributed by atoms with Crippen molar-refractivity contribution in [3.05, 3.63) is 35.6 Å². The highest BCUT2D eigenvalue weighted by atomic mass is 79.9. The van der Waals surface area contributed by atoms with Crippen LogP contribution >= 0.6 is 15.9 Å². The predicted molar refractivity (Wildman–Crippen MR) is 62.8 cm³/mol. The molecule has 0 aliphatic carbocycles. The maximum atomic E-state index is 12.6. The van der Waals surface area contributed by atoms with Crippen LogP contribution in [0.3, 0.4) is 0 Å². The number of hydrogen-bond donors (Lipinski definition) is 2. The van der Waals surface area contributed by atoms with Crippen LogP contribution in [0.4, 0.5) is 4.39 Å². The minimum atomic E-state index is -0.823. The molecule has 0 aliphatic rings. The summed E-state index contributed by atoms with van der Waals surface area (Å²) >= 11 is 3.11. The average molecular weight is 290 g/mol. The molecule has 0 unspecified atom stereocenters. The summed E-state index contributed by atoms with van der Waals surface area (Å²) in [6.07, 6.45) is -0.823. The van der Waals surface area contributed by atoms with E-state index < -0.39 is 6.10 Å². The molecule has 1 rings (SSSR count). The van der Waals surface area contributed by atoms with E-state index >= 15 is 0 Å². The number of aliphatic hydroxyl groups excluding tert-OH is 1. The van der Waals surface area contributed by atoms with Crippen molar-refractivity contribution in [2.45, 2.75) is 17.9 Å². The quantitative estimate of drug-likeness (QED) is 0.830. The van der Waals surface area contributed by atoms with Crippen molar-refractivity contribution >= 4 is 21.8 Å². The smallest absolute Gasteiger partial charge is 0.233 e. The standard InChI is InChI=1S/C11H13BrFNO2/c1-7(12)11(16)14-6-10(15)8-2-4-9(13)5-3-8/h2-5,7,10,15H,6H2,1H3,(H,14,16)/t7-,10+/m0/s1. The molecule has 16 heavy (non-hydrogen) atoms. The molecule has 0 fully saturated rings. The molecule has 5 heteroatoms. The van der Waals surface area contributed by atoms with E-state index in [-0.39, 0.29) is 23.1 Å². The van der Waals surface area contributed by atoms with Crippen molar-refractivity contribution in [1.82, 2.24) is 5.32 Å². The Kier molecular flexibility index (Phi) is 4.89. The van der Waals surface area contributed by atoms with Gasteiger partial charge in [-0.25, -0.2) is 4.39 Å². The van der Waals surface area contributed by atoms with Crippen molar-refractivity contribution in [3.63, 3.8) is 0 Å². The third-order valence-electron chi connectivity index (χ3n) is 2.09. The van der Waals surface area contributed by atoms with Crippen LogP contribution in [0.1, 0.15) is 18.6 Å². The summed E-state index contributed by atoms with van der Waals surface area (Å²) in [6, 6.07) is 5.52. The van der Waals surface area contributed by atoms with E-state index in [0.717, 1.165) is 0 Å². The summed E-state index contributed by atoms with van der Waals surface area (Å²) < 4.78 is 12.6. The summed E-state index contributed by atoms with van der Waals surface area (Å²) in [4.78, 5) is 10.9. The summed E-state index contributed by atoms with van der Waals surface area (Å²) in [6.45, 7) is 1.81. The summed E-state index contributed by atoms with van der Waals surface area (Å²) in [7, 11) is 0. The highest BCUT2D eigenvalue weighted by Gasteiger charge is 2.12. The Bertz CT molecular complexity index is 354. The fourth-order valence-electron chi connectivity index (χ4n) is 1.14. The van der Waals surface area contributed by atoms with Gasteiger partial charge in [-0.3, -0.25) is 4.79 Å². The van der Waals surface area contributed by atoms with Crippen molar-refractivity contribution < 1.29 is 14.3 Å². The van der Waals surface area contributed by atoms with Gasteiger partial charge in [-0.05, 0) is 24.6 Å². The summed E-state index contributed by atoms with van der Waals surface area (Å²) in [5, 5.41) is 12.3. The zero-order valence-corrected chi connectivity index (χ0v) is 10.4. The largest absolute Gasteiger partial charge is 0.387 e. The Morgan fingerprint density at radius 1 is 1.50 bits per heavy atom. The molecular weight excluding hydrogens is 277 g/mol. The molecule has 2 N–H and O–H groups in total. The Hall–Kier alpha value is -0.940. The number of rotatable bonds is 4. The Morgan fingerprint density at radius 3 is 2.56 bits per heavy atom. The molecule has 88 valence electrons. The van der Waals surface area contributed by atoms with Gasteiger partial charge in [-0.1, -0.05) is 28.1 Å². The first-order valence-corrected chi connectivity index (χ1v) is 5.77. The van der Waals surface area contributed by atoms with Crippen LogP contribution in [0.25, 0.3) is 0 Å². The maximum absolute atomic E-state index is 12.6. The van der Waals surface area contributed by atoms with Gasteiger partial charge in [0.2, 0.25) is 5.91 Å². The normalized spacial score (nSPS) is 14.2. The van der Waals surface area contributed by atoms with Crippen LogP contribution in [-0.2, 0) is 4.79 Å². The minimum absolute atomic E-state index is 0.112. The number of hydrogen-bond acceptors (Lipinski definition) is 2. The molecule has 1 amide bonds. The van der Waals surface area contributed by atoms with E-state index in [1.165, 1.54) is 24.3 Å². The molecule has 1 aromatic carbocycles. The lowest BCUT2D eigenvalue weighted by molar-refractivity contribution is -0.120. The van der Waals surface area contributed by atoms with Crippen molar-refractivity contribution in [2.24, 2.45) is 0 Å². The lowest BCUT2D eigenvalue weighted by Gasteiger charge is -2.12. The number of alkyl halides is 1. The highest BCUT2D eigenvalue weighted by Crippen LogP contribution is 2.12. The molecule has 3 nitrogen and oxygen atoms in total. The average Bonchev–Trinajstić information content (AvgIpc) is 2.26. The molecule has 2 atom stereocenters. The first-order valence-electron chi connectivity index (χ1n) is 4.86. The van der Waals surface area contributed by atoms with Crippen molar-refractivity contribution in [2.75, 3.05) is 6.54 Å². The molecule has 0 spiro atoms. The maximum Gasteiger partial charge on any atom is 0.233 e. The van der Waals surface area contributed by atoms with Crippen LogP contribution in [0.15, 0.2) is 24.3 Å². The van der Waals surface area contributed by atoms with Gasteiger partial charge in [0.25, 0.3) is 0 Å². The van der Waals surface area contributed by atoms with Gasteiger partial charge in [0.05, 0.1) is 10.9 Å². The monoisotopic (exact) mass is 289 g/mol. The van der Waals surface area contributed by atoms with E-state index in [1.54, 1.807) is 6.92 Å². The van der Waals surface area contributed by atoms with Gasteiger partial charge in [-0.15, -0.1) is 0 Å². The van der Waals surface area contributed by atoms with Gasteiger partial charge in [0, 0.05) is 6.54 Å². The van der Waals surface area contributed by atoms with Gasteiger partial charge >= 0.3 is 0 Å². The molecule has 0 bridgehead atoms. The molecule has 1 aromatic rings. The van der Waals surface area contributed by atoms with Gasteiger partial charge in [0.15, 0.2) is 0 Å². The first-order chi connectivity index (χ1) is 7.50. The second-order valence-electron chi connectivity index (χ2n) is 3.43. The third-order valence-corrected chi connectivity index (χ3v) is 2.50. The number of aliphatic hydroxyl groups is 1. The van der Waals surface area contributed by atoms with E-state index in [9.17, 15) is 14.3 Å². The van der Waals surface area contributed by atoms with E-state index in [0.29, 0.717) is 5.56 Å². The predicted octanol–water partition coefficient (Wildman–Crippen LogP) is 1.76. The zero-order chi connectivity index (χ0) is 12.1. The lowest BCUT2D eigenvalue weighted by Crippen LogP contribution is -2.32. The topological polar surface area (TPSA) is 49.3 Å². The molecular formula is C11H13BrFNO2. The first kappa shape index (κ1) is 13.1. The summed E-state index contributed by atoms with van der Waals surface area (Å²) in [5.74, 6) is -0.546. The summed E-state index contributed by atoms with van der Waals surface area (Å²) in [5.41, 5.74) is 0.573. The zero-order valence-electron chi connectivity index (χ0n) is 8.78. The third kappa shape index (κ3) is 3.90. The van der Waals surface area contributed by atoms with Gasteiger partial charge in [-0.2, -0.15) is 0 Å². The number of carbonyl (C=O) groups excluding carboxylic acids is 1. The van der Waals surface area contributed by atoms with Gasteiger partial charge < -0.3 is 10.4 Å². The number of carbonyl (C=O) groups is 1. The van der Waals surface area contributed by atoms with Crippen molar-refractivity contribution in [1.29, 1.82) is 0 Å². The molecule has 0 radical (unpaired) electrons. The number of nitrogens with one attached hydrogen (secondary N) is 1. The van der Waals surface area contributed by atoms with Gasteiger partial charge in [0.1, 0.15) is 5.82 Å².